The van der Waals surface area contributed by atoms with Gasteiger partial charge in [0.15, 0.2) is 0 Å². The number of aliphatic carboxylic acids is 1. The van der Waals surface area contributed by atoms with Crippen LogP contribution in [0.4, 0.5) is 0 Å². The van der Waals surface area contributed by atoms with E-state index in [9.17, 15) is 24.3 Å². The van der Waals surface area contributed by atoms with Crippen molar-refractivity contribution >= 4 is 45.4 Å². The summed E-state index contributed by atoms with van der Waals surface area (Å²) in [4.78, 5) is 53.4. The van der Waals surface area contributed by atoms with Crippen LogP contribution in [0.2, 0.25) is 0 Å². The second-order valence-corrected chi connectivity index (χ2v) is 12.3. The van der Waals surface area contributed by atoms with Gasteiger partial charge < -0.3 is 25.6 Å². The molecule has 0 saturated heterocycles. The van der Waals surface area contributed by atoms with Crippen molar-refractivity contribution in [2.45, 2.75) is 96.7 Å². The number of carbonyl (C=O) groups is 4. The predicted molar refractivity (Wildman–Crippen MR) is 186 cm³/mol. The van der Waals surface area contributed by atoms with E-state index >= 15 is 0 Å². The topological polar surface area (TPSA) is 135 Å². The highest BCUT2D eigenvalue weighted by molar-refractivity contribution is 6.08. The second-order valence-electron chi connectivity index (χ2n) is 12.3. The smallest absolute Gasteiger partial charge is 0.303 e. The van der Waals surface area contributed by atoms with Crippen LogP contribution in [0.25, 0.3) is 21.7 Å². The van der Waals surface area contributed by atoms with Crippen molar-refractivity contribution in [3.05, 3.63) is 84.1 Å². The third-order valence-corrected chi connectivity index (χ3v) is 8.76. The third-order valence-electron chi connectivity index (χ3n) is 8.76. The number of amides is 3. The molecule has 0 bridgehead atoms. The second kappa shape index (κ2) is 17.3. The molecule has 0 radical (unpaired) electrons. The summed E-state index contributed by atoms with van der Waals surface area (Å²) < 4.78 is 2.05. The average Bonchev–Trinajstić information content (AvgIpc) is 3.42. The van der Waals surface area contributed by atoms with Crippen LogP contribution in [-0.2, 0) is 20.9 Å². The summed E-state index contributed by atoms with van der Waals surface area (Å²) in [6.45, 7) is 5.04. The van der Waals surface area contributed by atoms with Crippen LogP contribution < -0.4 is 11.1 Å². The van der Waals surface area contributed by atoms with Gasteiger partial charge in [-0.2, -0.15) is 0 Å². The molecular weight excluding hydrogens is 592 g/mol. The summed E-state index contributed by atoms with van der Waals surface area (Å²) >= 11 is 0. The Bertz CT molecular complexity index is 1670. The van der Waals surface area contributed by atoms with Crippen molar-refractivity contribution in [2.75, 3.05) is 6.54 Å². The number of unbranched alkanes of at least 4 members (excludes halogenated alkanes) is 3. The zero-order valence-corrected chi connectivity index (χ0v) is 27.6. The van der Waals surface area contributed by atoms with Gasteiger partial charge in [-0.3, -0.25) is 19.2 Å². The van der Waals surface area contributed by atoms with Crippen molar-refractivity contribution in [3.8, 4) is 0 Å². The lowest BCUT2D eigenvalue weighted by Crippen LogP contribution is -2.53. The minimum Gasteiger partial charge on any atom is -0.481 e. The molecule has 4 aromatic rings. The van der Waals surface area contributed by atoms with Crippen LogP contribution in [0.1, 0.15) is 94.0 Å². The first-order chi connectivity index (χ1) is 22.7. The highest BCUT2D eigenvalue weighted by Crippen LogP contribution is 2.26. The van der Waals surface area contributed by atoms with Gasteiger partial charge >= 0.3 is 5.97 Å². The molecule has 250 valence electrons. The van der Waals surface area contributed by atoms with E-state index in [4.69, 9.17) is 5.73 Å². The minimum atomic E-state index is -0.966. The first kappa shape index (κ1) is 35.2. The standard InChI is InChI=1S/C38H48N4O5/c1-3-5-6-7-17-29(24-35(39)43)42(23-4-2)38(47)33(20-13-22-36(44)45)40-37(46)32-26-41(34-21-11-10-19-31(32)34)25-28-16-12-15-27-14-8-9-18-30(27)28/h8-12,14-16,18-19,21,26,29,33H,3-7,13,17,20,22-25H2,1-2H3,(H2,39,43)(H,40,46)(H,44,45)/t29-,33-/m0/s1. The van der Waals surface area contributed by atoms with Crippen LogP contribution >= 0.6 is 0 Å². The van der Waals surface area contributed by atoms with Gasteiger partial charge in [-0.1, -0.05) is 100 Å². The van der Waals surface area contributed by atoms with Gasteiger partial charge in [-0.25, -0.2) is 0 Å². The van der Waals surface area contributed by atoms with Gasteiger partial charge in [0.1, 0.15) is 6.04 Å². The Kier molecular flexibility index (Phi) is 13.0. The zero-order valence-electron chi connectivity index (χ0n) is 27.6. The van der Waals surface area contributed by atoms with Gasteiger partial charge in [0.05, 0.1) is 5.56 Å². The number of para-hydroxylation sites is 1. The third kappa shape index (κ3) is 9.44. The molecule has 0 aliphatic rings. The number of nitrogens with one attached hydrogen (secondary N) is 1. The lowest BCUT2D eigenvalue weighted by molar-refractivity contribution is -0.139. The van der Waals surface area contributed by atoms with E-state index in [0.717, 1.165) is 52.9 Å². The molecule has 9 nitrogen and oxygen atoms in total. The Labute approximate surface area is 277 Å². The molecule has 47 heavy (non-hydrogen) atoms. The molecule has 0 fully saturated rings. The molecule has 9 heteroatoms. The van der Waals surface area contributed by atoms with Crippen molar-refractivity contribution in [3.63, 3.8) is 0 Å². The van der Waals surface area contributed by atoms with E-state index in [1.165, 1.54) is 0 Å². The fourth-order valence-corrected chi connectivity index (χ4v) is 6.44. The van der Waals surface area contributed by atoms with Crippen molar-refractivity contribution in [1.29, 1.82) is 0 Å². The molecule has 0 unspecified atom stereocenters. The van der Waals surface area contributed by atoms with Crippen LogP contribution in [0, 0.1) is 0 Å². The molecule has 0 spiro atoms. The number of carboxylic acids is 1. The molecule has 0 aliphatic carbocycles. The lowest BCUT2D eigenvalue weighted by Gasteiger charge is -2.34. The molecule has 4 rings (SSSR count). The number of carboxylic acid groups (broad SMARTS) is 1. The van der Waals surface area contributed by atoms with Crippen LogP contribution in [0.5, 0.6) is 0 Å². The zero-order chi connectivity index (χ0) is 33.8. The molecular formula is C38H48N4O5. The van der Waals surface area contributed by atoms with Gasteiger partial charge in [0.25, 0.3) is 5.91 Å². The number of primary amides is 1. The maximum absolute atomic E-state index is 14.2. The normalized spacial score (nSPS) is 12.6. The first-order valence-electron chi connectivity index (χ1n) is 16.9. The average molecular weight is 641 g/mol. The molecule has 0 aliphatic heterocycles. The van der Waals surface area contributed by atoms with E-state index in [1.54, 1.807) is 4.90 Å². The first-order valence-corrected chi connectivity index (χ1v) is 16.9. The summed E-state index contributed by atoms with van der Waals surface area (Å²) in [5, 5.41) is 15.3. The fraction of sp³-hybridized carbons (Fsp3) is 0.421. The van der Waals surface area contributed by atoms with Crippen LogP contribution in [0.15, 0.2) is 72.9 Å². The van der Waals surface area contributed by atoms with E-state index in [1.807, 2.05) is 55.6 Å². The number of aromatic nitrogens is 1. The van der Waals surface area contributed by atoms with E-state index in [2.05, 4.69) is 41.1 Å². The lowest BCUT2D eigenvalue weighted by atomic mass is 10.00. The summed E-state index contributed by atoms with van der Waals surface area (Å²) in [6, 6.07) is 20.7. The summed E-state index contributed by atoms with van der Waals surface area (Å²) in [6.07, 6.45) is 7.37. The van der Waals surface area contributed by atoms with Gasteiger partial charge in [0.2, 0.25) is 11.8 Å². The highest BCUT2D eigenvalue weighted by atomic mass is 16.4. The summed E-state index contributed by atoms with van der Waals surface area (Å²) in [5.41, 5.74) is 8.08. The number of hydrogen-bond donors (Lipinski definition) is 3. The van der Waals surface area contributed by atoms with Crippen LogP contribution in [-0.4, -0.2) is 56.9 Å². The van der Waals surface area contributed by atoms with Crippen LogP contribution in [0.3, 0.4) is 0 Å². The van der Waals surface area contributed by atoms with E-state index in [-0.39, 0.29) is 31.6 Å². The number of nitrogens with zero attached hydrogens (tertiary/aromatic N) is 2. The number of rotatable bonds is 19. The Hall–Kier alpha value is -4.66. The number of carbonyl (C=O) groups excluding carboxylic acids is 3. The maximum Gasteiger partial charge on any atom is 0.303 e. The fourth-order valence-electron chi connectivity index (χ4n) is 6.44. The van der Waals surface area contributed by atoms with Gasteiger partial charge in [-0.15, -0.1) is 0 Å². The Morgan fingerprint density at radius 1 is 0.851 bits per heavy atom. The van der Waals surface area contributed by atoms with E-state index < -0.39 is 29.9 Å². The minimum absolute atomic E-state index is 0.0370. The number of hydrogen-bond acceptors (Lipinski definition) is 4. The van der Waals surface area contributed by atoms with Gasteiger partial charge in [0, 0.05) is 49.1 Å². The predicted octanol–water partition coefficient (Wildman–Crippen LogP) is 6.65. The number of nitrogens with two attached hydrogens (primary N) is 1. The Morgan fingerprint density at radius 3 is 2.30 bits per heavy atom. The molecule has 3 aromatic carbocycles. The molecule has 0 saturated carbocycles. The largest absolute Gasteiger partial charge is 0.481 e. The maximum atomic E-state index is 14.2. The van der Waals surface area contributed by atoms with E-state index in [0.29, 0.717) is 31.5 Å². The SMILES string of the molecule is CCCCCC[C@@H](CC(N)=O)N(CCC)C(=O)[C@H](CCCC(=O)O)NC(=O)c1cn(Cc2cccc3ccccc23)c2ccccc12. The molecule has 3 amide bonds. The summed E-state index contributed by atoms with van der Waals surface area (Å²) in [5.74, 6) is -2.17. The Balaban J connectivity index is 1.64. The van der Waals surface area contributed by atoms with Gasteiger partial charge in [-0.05, 0) is 48.1 Å². The molecule has 1 aromatic heterocycles. The molecule has 1 heterocycles. The quantitative estimate of drug-likeness (QED) is 0.0987. The number of fused-ring (bicyclic) bond motifs is 2. The highest BCUT2D eigenvalue weighted by Gasteiger charge is 2.32. The molecule has 4 N–H and O–H groups in total. The Morgan fingerprint density at radius 2 is 1.57 bits per heavy atom. The molecule has 2 atom stereocenters. The number of benzene rings is 3. The van der Waals surface area contributed by atoms with Crippen molar-refractivity contribution < 1.29 is 24.3 Å². The monoisotopic (exact) mass is 640 g/mol. The summed E-state index contributed by atoms with van der Waals surface area (Å²) in [7, 11) is 0. The van der Waals surface area contributed by atoms with Crippen molar-refractivity contribution in [1.82, 2.24) is 14.8 Å². The van der Waals surface area contributed by atoms with Crippen molar-refractivity contribution in [2.24, 2.45) is 5.73 Å².